The minimum atomic E-state index is -3.27. The maximum absolute atomic E-state index is 12.9. The van der Waals surface area contributed by atoms with Gasteiger partial charge in [0, 0.05) is 26.2 Å². The molecular formula is C21H24ClN3O4S. The Morgan fingerprint density at radius 3 is 2.20 bits per heavy atom. The van der Waals surface area contributed by atoms with Gasteiger partial charge < -0.3 is 10.2 Å². The molecule has 1 heterocycles. The van der Waals surface area contributed by atoms with Crippen LogP contribution in [0.5, 0.6) is 0 Å². The van der Waals surface area contributed by atoms with Gasteiger partial charge in [0.1, 0.15) is 0 Å². The molecule has 1 atom stereocenters. The fraction of sp³-hybridized carbons (Fsp3) is 0.333. The van der Waals surface area contributed by atoms with E-state index in [1.54, 1.807) is 29.2 Å². The van der Waals surface area contributed by atoms with Crippen molar-refractivity contribution < 1.29 is 18.0 Å². The molecular weight excluding hydrogens is 426 g/mol. The zero-order valence-corrected chi connectivity index (χ0v) is 18.2. The predicted molar refractivity (Wildman–Crippen MR) is 116 cm³/mol. The van der Waals surface area contributed by atoms with Gasteiger partial charge in [0.15, 0.2) is 0 Å². The van der Waals surface area contributed by atoms with Crippen molar-refractivity contribution in [3.8, 4) is 0 Å². The molecule has 1 N–H and O–H groups in total. The molecule has 0 aliphatic carbocycles. The minimum Gasteiger partial charge on any atom is -0.345 e. The Kier molecular flexibility index (Phi) is 7.12. The number of halogens is 1. The van der Waals surface area contributed by atoms with Gasteiger partial charge in [-0.1, -0.05) is 54.1 Å². The van der Waals surface area contributed by atoms with Gasteiger partial charge in [-0.15, -0.1) is 0 Å². The van der Waals surface area contributed by atoms with E-state index in [1.807, 2.05) is 30.3 Å². The van der Waals surface area contributed by atoms with Gasteiger partial charge in [-0.2, -0.15) is 4.31 Å². The lowest BCUT2D eigenvalue weighted by Crippen LogP contribution is -2.50. The lowest BCUT2D eigenvalue weighted by molar-refractivity contribution is -0.132. The highest BCUT2D eigenvalue weighted by molar-refractivity contribution is 7.88. The van der Waals surface area contributed by atoms with Gasteiger partial charge >= 0.3 is 0 Å². The van der Waals surface area contributed by atoms with Crippen molar-refractivity contribution in [2.45, 2.75) is 12.5 Å². The van der Waals surface area contributed by atoms with Gasteiger partial charge in [0.2, 0.25) is 15.9 Å². The van der Waals surface area contributed by atoms with Crippen LogP contribution in [0, 0.1) is 0 Å². The summed E-state index contributed by atoms with van der Waals surface area (Å²) in [5, 5.41) is 3.25. The average molecular weight is 450 g/mol. The first-order chi connectivity index (χ1) is 14.3. The van der Waals surface area contributed by atoms with Gasteiger partial charge in [-0.25, -0.2) is 8.42 Å². The highest BCUT2D eigenvalue weighted by atomic mass is 35.5. The number of nitrogens with zero attached hydrogens (tertiary/aromatic N) is 2. The summed E-state index contributed by atoms with van der Waals surface area (Å²) in [4.78, 5) is 27.3. The van der Waals surface area contributed by atoms with Gasteiger partial charge in [0.05, 0.1) is 29.3 Å². The van der Waals surface area contributed by atoms with E-state index >= 15 is 0 Å². The van der Waals surface area contributed by atoms with E-state index in [2.05, 4.69) is 5.32 Å². The first-order valence-corrected chi connectivity index (χ1v) is 11.8. The third kappa shape index (κ3) is 5.59. The fourth-order valence-corrected chi connectivity index (χ4v) is 4.44. The summed E-state index contributed by atoms with van der Waals surface area (Å²) in [6, 6.07) is 15.5. The first-order valence-electron chi connectivity index (χ1n) is 9.59. The number of carbonyl (C=O) groups excluding carboxylic acids is 2. The summed E-state index contributed by atoms with van der Waals surface area (Å²) in [5.41, 5.74) is 1.15. The quantitative estimate of drug-likeness (QED) is 0.733. The predicted octanol–water partition coefficient (Wildman–Crippen LogP) is 2.31. The molecule has 7 nitrogen and oxygen atoms in total. The van der Waals surface area contributed by atoms with Crippen molar-refractivity contribution in [1.29, 1.82) is 0 Å². The third-order valence-corrected chi connectivity index (χ3v) is 6.70. The van der Waals surface area contributed by atoms with Crippen LogP contribution < -0.4 is 5.32 Å². The highest BCUT2D eigenvalue weighted by Crippen LogP contribution is 2.21. The number of hydrogen-bond donors (Lipinski definition) is 1. The van der Waals surface area contributed by atoms with Crippen LogP contribution in [0.25, 0.3) is 0 Å². The van der Waals surface area contributed by atoms with E-state index in [4.69, 9.17) is 11.6 Å². The van der Waals surface area contributed by atoms with Crippen LogP contribution in [0.1, 0.15) is 28.4 Å². The van der Waals surface area contributed by atoms with E-state index in [1.165, 1.54) is 10.6 Å². The van der Waals surface area contributed by atoms with Crippen molar-refractivity contribution in [2.75, 3.05) is 32.4 Å². The minimum absolute atomic E-state index is 0.0685. The van der Waals surface area contributed by atoms with Crippen molar-refractivity contribution >= 4 is 33.4 Å². The Morgan fingerprint density at radius 1 is 1.00 bits per heavy atom. The maximum atomic E-state index is 12.9. The van der Waals surface area contributed by atoms with Crippen LogP contribution in [0.4, 0.5) is 0 Å². The van der Waals surface area contributed by atoms with Gasteiger partial charge in [-0.3, -0.25) is 9.59 Å². The van der Waals surface area contributed by atoms with E-state index in [9.17, 15) is 18.0 Å². The topological polar surface area (TPSA) is 86.8 Å². The molecule has 1 aliphatic heterocycles. The molecule has 1 saturated heterocycles. The van der Waals surface area contributed by atoms with Crippen LogP contribution in [0.3, 0.4) is 0 Å². The zero-order chi connectivity index (χ0) is 21.7. The van der Waals surface area contributed by atoms with Crippen molar-refractivity contribution in [3.63, 3.8) is 0 Å². The third-order valence-electron chi connectivity index (χ3n) is 5.06. The molecule has 0 spiro atoms. The van der Waals surface area contributed by atoms with E-state index < -0.39 is 16.1 Å². The smallest absolute Gasteiger partial charge is 0.253 e. The molecule has 0 bridgehead atoms. The number of nitrogens with one attached hydrogen (secondary N) is 1. The monoisotopic (exact) mass is 449 g/mol. The van der Waals surface area contributed by atoms with Gasteiger partial charge in [-0.05, 0) is 17.7 Å². The van der Waals surface area contributed by atoms with Crippen LogP contribution >= 0.6 is 11.6 Å². The molecule has 0 aromatic heterocycles. The molecule has 30 heavy (non-hydrogen) atoms. The molecule has 160 valence electrons. The Labute approximate surface area is 181 Å². The van der Waals surface area contributed by atoms with E-state index in [0.29, 0.717) is 23.7 Å². The molecule has 3 rings (SSSR count). The Hall–Kier alpha value is -2.42. The van der Waals surface area contributed by atoms with Crippen LogP contribution in [0.2, 0.25) is 5.02 Å². The molecule has 0 radical (unpaired) electrons. The van der Waals surface area contributed by atoms with E-state index in [0.717, 1.165) is 5.56 Å². The number of amides is 2. The number of hydrogen-bond acceptors (Lipinski definition) is 4. The van der Waals surface area contributed by atoms with Crippen molar-refractivity contribution in [3.05, 3.63) is 70.7 Å². The largest absolute Gasteiger partial charge is 0.345 e. The molecule has 9 heteroatoms. The maximum Gasteiger partial charge on any atom is 0.253 e. The number of benzene rings is 2. The van der Waals surface area contributed by atoms with E-state index in [-0.39, 0.29) is 31.3 Å². The van der Waals surface area contributed by atoms with Crippen molar-refractivity contribution in [1.82, 2.24) is 14.5 Å². The van der Waals surface area contributed by atoms with Crippen LogP contribution in [-0.2, 0) is 14.8 Å². The average Bonchev–Trinajstić information content (AvgIpc) is 2.73. The lowest BCUT2D eigenvalue weighted by Gasteiger charge is -2.34. The standard InChI is InChI=1S/C21H24ClN3O4S/c1-30(28,29)25-13-11-24(12-14-25)20(26)15-19(16-7-3-2-4-8-16)23-21(27)17-9-5-6-10-18(17)22/h2-10,19H,11-15H2,1H3,(H,23,27). The molecule has 1 unspecified atom stereocenters. The highest BCUT2D eigenvalue weighted by Gasteiger charge is 2.28. The molecule has 2 aromatic rings. The number of rotatable bonds is 6. The van der Waals surface area contributed by atoms with Crippen molar-refractivity contribution in [2.24, 2.45) is 0 Å². The SMILES string of the molecule is CS(=O)(=O)N1CCN(C(=O)CC(NC(=O)c2ccccc2Cl)c2ccccc2)CC1. The van der Waals surface area contributed by atoms with Crippen LogP contribution in [-0.4, -0.2) is 61.9 Å². The molecule has 1 fully saturated rings. The van der Waals surface area contributed by atoms with Gasteiger partial charge in [0.25, 0.3) is 5.91 Å². The Balaban J connectivity index is 1.72. The number of sulfonamides is 1. The summed E-state index contributed by atoms with van der Waals surface area (Å²) >= 11 is 6.14. The number of carbonyl (C=O) groups is 2. The molecule has 1 aliphatic rings. The summed E-state index contributed by atoms with van der Waals surface area (Å²) in [5.74, 6) is -0.499. The van der Waals surface area contributed by atoms with Crippen LogP contribution in [0.15, 0.2) is 54.6 Å². The number of piperazine rings is 1. The summed E-state index contributed by atoms with van der Waals surface area (Å²) in [6.45, 7) is 1.19. The summed E-state index contributed by atoms with van der Waals surface area (Å²) in [6.07, 6.45) is 1.24. The lowest BCUT2D eigenvalue weighted by atomic mass is 10.0. The second kappa shape index (κ2) is 9.59. The Bertz CT molecular complexity index is 1010. The molecule has 0 saturated carbocycles. The fourth-order valence-electron chi connectivity index (χ4n) is 3.39. The summed E-state index contributed by atoms with van der Waals surface area (Å²) < 4.78 is 24.7. The normalized spacial score (nSPS) is 16.1. The Morgan fingerprint density at radius 2 is 1.60 bits per heavy atom. The first kappa shape index (κ1) is 22.3. The second-order valence-electron chi connectivity index (χ2n) is 7.16. The molecule has 2 aromatic carbocycles. The zero-order valence-electron chi connectivity index (χ0n) is 16.6. The second-order valence-corrected chi connectivity index (χ2v) is 9.55. The molecule has 2 amide bonds. The summed E-state index contributed by atoms with van der Waals surface area (Å²) in [7, 11) is -3.27.